The average Bonchev–Trinajstić information content (AvgIpc) is 2.52. The van der Waals surface area contributed by atoms with Gasteiger partial charge in [-0.1, -0.05) is 19.1 Å². The van der Waals surface area contributed by atoms with Crippen LogP contribution in [0.25, 0.3) is 0 Å². The van der Waals surface area contributed by atoms with Gasteiger partial charge in [-0.25, -0.2) is 13.4 Å². The molecule has 128 valence electrons. The van der Waals surface area contributed by atoms with Crippen molar-refractivity contribution in [3.05, 3.63) is 53.7 Å². The normalized spacial score (nSPS) is 12.5. The Bertz CT molecular complexity index is 818. The van der Waals surface area contributed by atoms with Crippen molar-refractivity contribution in [1.82, 2.24) is 10.3 Å². The second-order valence-corrected chi connectivity index (χ2v) is 8.04. The van der Waals surface area contributed by atoms with Crippen molar-refractivity contribution in [3.8, 4) is 0 Å². The Hall–Kier alpha value is -1.99. The number of anilines is 1. The molecule has 0 amide bonds. The van der Waals surface area contributed by atoms with Crippen LogP contribution in [0, 0.1) is 6.92 Å². The predicted octanol–water partition coefficient (Wildman–Crippen LogP) is 3.23. The van der Waals surface area contributed by atoms with Crippen LogP contribution in [0.4, 0.5) is 5.82 Å². The van der Waals surface area contributed by atoms with Gasteiger partial charge in [-0.15, -0.1) is 0 Å². The summed E-state index contributed by atoms with van der Waals surface area (Å²) in [5.41, 5.74) is 2.07. The van der Waals surface area contributed by atoms with Crippen molar-refractivity contribution in [1.29, 1.82) is 0 Å². The maximum atomic E-state index is 11.5. The summed E-state index contributed by atoms with van der Waals surface area (Å²) < 4.78 is 23.1. The van der Waals surface area contributed by atoms with E-state index in [1.807, 2.05) is 38.1 Å². The summed E-state index contributed by atoms with van der Waals surface area (Å²) >= 11 is 5.35. The predicted molar refractivity (Wildman–Crippen MR) is 101 cm³/mol. The number of sulfone groups is 1. The highest BCUT2D eigenvalue weighted by Crippen LogP contribution is 2.19. The number of nitrogens with zero attached hydrogens (tertiary/aromatic N) is 1. The molecule has 2 aromatic rings. The lowest BCUT2D eigenvalue weighted by atomic mass is 10.1. The number of aryl methyl sites for hydroxylation is 1. The highest BCUT2D eigenvalue weighted by molar-refractivity contribution is 7.90. The lowest BCUT2D eigenvalue weighted by Crippen LogP contribution is -2.32. The van der Waals surface area contributed by atoms with E-state index in [-0.39, 0.29) is 6.04 Å². The molecular formula is C17H21N3O2S2. The molecule has 0 bridgehead atoms. The third-order valence-corrected chi connectivity index (χ3v) is 4.93. The van der Waals surface area contributed by atoms with Crippen molar-refractivity contribution in [2.45, 2.75) is 31.2 Å². The highest BCUT2D eigenvalue weighted by Gasteiger charge is 2.13. The van der Waals surface area contributed by atoms with Crippen LogP contribution in [0.2, 0.25) is 0 Å². The molecule has 1 heterocycles. The van der Waals surface area contributed by atoms with Crippen molar-refractivity contribution >= 4 is 33.0 Å². The summed E-state index contributed by atoms with van der Waals surface area (Å²) in [6.07, 6.45) is 3.73. The number of hydrogen-bond donors (Lipinski definition) is 2. The summed E-state index contributed by atoms with van der Waals surface area (Å²) in [6.45, 7) is 4.02. The number of benzene rings is 1. The number of aromatic nitrogens is 1. The second kappa shape index (κ2) is 7.72. The average molecular weight is 364 g/mol. The Balaban J connectivity index is 2.07. The smallest absolute Gasteiger partial charge is 0.175 e. The Morgan fingerprint density at radius 2 is 1.92 bits per heavy atom. The zero-order valence-corrected chi connectivity index (χ0v) is 15.5. The standard InChI is InChI=1S/C17H21N3O2S2/c1-4-15(13-5-7-14(8-6-13)24(3,21)22)19-17(23)20-16-11-12(2)9-10-18-16/h5-11,15H,4H2,1-3H3,(H2,18,19,20,23)/t15-/m0/s1. The van der Waals surface area contributed by atoms with Gasteiger partial charge in [0.25, 0.3) is 0 Å². The molecule has 1 atom stereocenters. The quantitative estimate of drug-likeness (QED) is 0.795. The second-order valence-electron chi connectivity index (χ2n) is 5.62. The summed E-state index contributed by atoms with van der Waals surface area (Å²) in [6, 6.07) is 10.7. The molecule has 5 nitrogen and oxygen atoms in total. The van der Waals surface area contributed by atoms with Crippen molar-refractivity contribution in [2.75, 3.05) is 11.6 Å². The first-order chi connectivity index (χ1) is 11.3. The van der Waals surface area contributed by atoms with Gasteiger partial charge in [-0.2, -0.15) is 0 Å². The first-order valence-corrected chi connectivity index (χ1v) is 9.89. The Morgan fingerprint density at radius 3 is 2.46 bits per heavy atom. The molecule has 0 unspecified atom stereocenters. The van der Waals surface area contributed by atoms with Gasteiger partial charge in [0, 0.05) is 12.5 Å². The molecule has 2 rings (SSSR count). The van der Waals surface area contributed by atoms with Gasteiger partial charge in [0.05, 0.1) is 10.9 Å². The Morgan fingerprint density at radius 1 is 1.25 bits per heavy atom. The first-order valence-electron chi connectivity index (χ1n) is 7.60. The third-order valence-electron chi connectivity index (χ3n) is 3.58. The van der Waals surface area contributed by atoms with Gasteiger partial charge in [-0.3, -0.25) is 0 Å². The van der Waals surface area contributed by atoms with Crippen molar-refractivity contribution < 1.29 is 8.42 Å². The topological polar surface area (TPSA) is 71.1 Å². The van der Waals surface area contributed by atoms with Crippen molar-refractivity contribution in [3.63, 3.8) is 0 Å². The van der Waals surface area contributed by atoms with Gasteiger partial charge < -0.3 is 10.6 Å². The molecule has 0 radical (unpaired) electrons. The summed E-state index contributed by atoms with van der Waals surface area (Å²) in [5, 5.41) is 6.79. The fourth-order valence-electron chi connectivity index (χ4n) is 2.28. The third kappa shape index (κ3) is 5.01. The van der Waals surface area contributed by atoms with E-state index in [0.29, 0.717) is 15.8 Å². The monoisotopic (exact) mass is 363 g/mol. The Labute approximate surface area is 148 Å². The number of rotatable bonds is 5. The molecule has 2 N–H and O–H groups in total. The van der Waals surface area contributed by atoms with Gasteiger partial charge >= 0.3 is 0 Å². The molecule has 0 fully saturated rings. The van der Waals surface area contributed by atoms with Gasteiger partial charge in [-0.05, 0) is 61.0 Å². The van der Waals surface area contributed by atoms with E-state index >= 15 is 0 Å². The van der Waals surface area contributed by atoms with Gasteiger partial charge in [0.1, 0.15) is 5.82 Å². The van der Waals surface area contributed by atoms with Crippen LogP contribution >= 0.6 is 12.2 Å². The summed E-state index contributed by atoms with van der Waals surface area (Å²) in [5.74, 6) is 0.690. The van der Waals surface area contributed by atoms with E-state index in [1.54, 1.807) is 18.3 Å². The number of thiocarbonyl (C=S) groups is 1. The van der Waals surface area contributed by atoms with Gasteiger partial charge in [0.2, 0.25) is 0 Å². The molecule has 0 aliphatic carbocycles. The van der Waals surface area contributed by atoms with Crippen LogP contribution in [0.15, 0.2) is 47.5 Å². The largest absolute Gasteiger partial charge is 0.356 e. The van der Waals surface area contributed by atoms with E-state index in [1.165, 1.54) is 6.26 Å². The molecule has 1 aromatic carbocycles. The van der Waals surface area contributed by atoms with Gasteiger partial charge in [0.15, 0.2) is 14.9 Å². The minimum absolute atomic E-state index is 0.0107. The molecular weight excluding hydrogens is 342 g/mol. The minimum Gasteiger partial charge on any atom is -0.356 e. The fourth-order valence-corrected chi connectivity index (χ4v) is 3.16. The highest BCUT2D eigenvalue weighted by atomic mass is 32.2. The molecule has 0 saturated carbocycles. The molecule has 0 spiro atoms. The van der Waals surface area contributed by atoms with E-state index in [4.69, 9.17) is 12.2 Å². The van der Waals surface area contributed by atoms with Crippen LogP contribution in [0.1, 0.15) is 30.5 Å². The molecule has 0 saturated heterocycles. The van der Waals surface area contributed by atoms with Crippen molar-refractivity contribution in [2.24, 2.45) is 0 Å². The maximum absolute atomic E-state index is 11.5. The number of nitrogens with one attached hydrogen (secondary N) is 2. The molecule has 0 aliphatic rings. The Kier molecular flexibility index (Phi) is 5.90. The van der Waals surface area contributed by atoms with Crippen LogP contribution in [0.3, 0.4) is 0 Å². The lowest BCUT2D eigenvalue weighted by molar-refractivity contribution is 0.601. The van der Waals surface area contributed by atoms with Crippen LogP contribution in [0.5, 0.6) is 0 Å². The zero-order chi connectivity index (χ0) is 17.7. The van der Waals surface area contributed by atoms with E-state index in [2.05, 4.69) is 15.6 Å². The molecule has 24 heavy (non-hydrogen) atoms. The lowest BCUT2D eigenvalue weighted by Gasteiger charge is -2.20. The molecule has 0 aliphatic heterocycles. The minimum atomic E-state index is -3.19. The molecule has 1 aromatic heterocycles. The zero-order valence-electron chi connectivity index (χ0n) is 13.9. The number of pyridine rings is 1. The molecule has 7 heteroatoms. The summed E-state index contributed by atoms with van der Waals surface area (Å²) in [4.78, 5) is 4.53. The maximum Gasteiger partial charge on any atom is 0.175 e. The van der Waals surface area contributed by atoms with Crippen LogP contribution in [-0.4, -0.2) is 24.8 Å². The number of hydrogen-bond acceptors (Lipinski definition) is 4. The van der Waals surface area contributed by atoms with Crippen LogP contribution < -0.4 is 10.6 Å². The van der Waals surface area contributed by atoms with E-state index in [0.717, 1.165) is 17.5 Å². The van der Waals surface area contributed by atoms with Crippen LogP contribution in [-0.2, 0) is 9.84 Å². The van der Waals surface area contributed by atoms with E-state index in [9.17, 15) is 8.42 Å². The fraction of sp³-hybridized carbons (Fsp3) is 0.294. The summed E-state index contributed by atoms with van der Waals surface area (Å²) in [7, 11) is -3.19. The van der Waals surface area contributed by atoms with E-state index < -0.39 is 9.84 Å². The SMILES string of the molecule is CC[C@H](NC(=S)Nc1cc(C)ccn1)c1ccc(S(C)(=O)=O)cc1. The first kappa shape index (κ1) is 18.4.